The highest BCUT2D eigenvalue weighted by Gasteiger charge is 2.30. The molecule has 5 heteroatoms. The molecule has 2 aromatic carbocycles. The molecule has 4 nitrogen and oxygen atoms in total. The first kappa shape index (κ1) is 19.3. The van der Waals surface area contributed by atoms with Gasteiger partial charge in [-0.25, -0.2) is 0 Å². The summed E-state index contributed by atoms with van der Waals surface area (Å²) in [6.45, 7) is 2.88. The third kappa shape index (κ3) is 4.97. The lowest BCUT2D eigenvalue weighted by atomic mass is 9.92. The zero-order valence-electron chi connectivity index (χ0n) is 14.4. The fourth-order valence-electron chi connectivity index (χ4n) is 2.56. The maximum atomic E-state index is 12.5. The molecule has 3 N–H and O–H groups in total. The van der Waals surface area contributed by atoms with Gasteiger partial charge in [-0.1, -0.05) is 48.5 Å². The van der Waals surface area contributed by atoms with E-state index in [2.05, 4.69) is 5.32 Å². The first-order valence-corrected chi connectivity index (χ1v) is 8.41. The Hall–Kier alpha value is -2.04. The van der Waals surface area contributed by atoms with Crippen LogP contribution >= 0.6 is 12.4 Å². The van der Waals surface area contributed by atoms with Crippen LogP contribution in [0.15, 0.2) is 54.6 Å². The lowest BCUT2D eigenvalue weighted by Crippen LogP contribution is -2.48. The summed E-state index contributed by atoms with van der Waals surface area (Å²) in [7, 11) is 0. The molecule has 0 aliphatic heterocycles. The second-order valence-electron chi connectivity index (χ2n) is 6.61. The predicted octanol–water partition coefficient (Wildman–Crippen LogP) is 3.39. The smallest absolute Gasteiger partial charge is 0.244 e. The maximum absolute atomic E-state index is 12.5. The lowest BCUT2D eigenvalue weighted by molar-refractivity contribution is -0.126. The molecule has 1 amide bonds. The van der Waals surface area contributed by atoms with Crippen LogP contribution in [0, 0.1) is 5.92 Å². The number of carbonyl (C=O) groups excluding carboxylic acids is 1. The molecule has 1 aliphatic rings. The summed E-state index contributed by atoms with van der Waals surface area (Å²) in [5, 5.41) is 2.94. The number of benzene rings is 2. The average molecular weight is 361 g/mol. The summed E-state index contributed by atoms with van der Waals surface area (Å²) in [6, 6.07) is 17.2. The van der Waals surface area contributed by atoms with Crippen molar-refractivity contribution in [2.45, 2.75) is 31.8 Å². The van der Waals surface area contributed by atoms with Gasteiger partial charge in [-0.2, -0.15) is 0 Å². The molecular weight excluding hydrogens is 336 g/mol. The number of nitrogens with one attached hydrogen (secondary N) is 1. The van der Waals surface area contributed by atoms with E-state index < -0.39 is 5.54 Å². The summed E-state index contributed by atoms with van der Waals surface area (Å²) < 4.78 is 5.88. The Morgan fingerprint density at radius 1 is 1.16 bits per heavy atom. The highest BCUT2D eigenvalue weighted by atomic mass is 35.5. The van der Waals surface area contributed by atoms with Crippen LogP contribution in [-0.2, 0) is 16.9 Å². The van der Waals surface area contributed by atoms with Crippen molar-refractivity contribution in [2.24, 2.45) is 11.7 Å². The van der Waals surface area contributed by atoms with E-state index in [1.165, 1.54) is 12.8 Å². The third-order valence-corrected chi connectivity index (χ3v) is 4.43. The molecule has 1 saturated carbocycles. The van der Waals surface area contributed by atoms with Crippen LogP contribution in [-0.4, -0.2) is 12.5 Å². The monoisotopic (exact) mass is 360 g/mol. The van der Waals surface area contributed by atoms with Gasteiger partial charge in [0.05, 0.1) is 6.61 Å². The molecule has 1 fully saturated rings. The molecule has 1 atom stereocenters. The summed E-state index contributed by atoms with van der Waals surface area (Å²) in [6.07, 6.45) is 2.50. The summed E-state index contributed by atoms with van der Waals surface area (Å²) in [5.41, 5.74) is 6.94. The molecule has 2 aromatic rings. The van der Waals surface area contributed by atoms with Crippen molar-refractivity contribution < 1.29 is 9.53 Å². The SMILES string of the molecule is CC(N)(C(=O)NCc1ccccc1OCC1CC1)c1ccccc1.Cl. The van der Waals surface area contributed by atoms with Crippen molar-refractivity contribution >= 4 is 18.3 Å². The van der Waals surface area contributed by atoms with Gasteiger partial charge in [-0.3, -0.25) is 4.79 Å². The van der Waals surface area contributed by atoms with Crippen molar-refractivity contribution in [3.8, 4) is 5.75 Å². The number of ether oxygens (including phenoxy) is 1. The first-order valence-electron chi connectivity index (χ1n) is 8.41. The van der Waals surface area contributed by atoms with Gasteiger partial charge in [0.1, 0.15) is 11.3 Å². The minimum absolute atomic E-state index is 0. The second-order valence-corrected chi connectivity index (χ2v) is 6.61. The summed E-state index contributed by atoms with van der Waals surface area (Å²) >= 11 is 0. The minimum atomic E-state index is -1.06. The quantitative estimate of drug-likeness (QED) is 0.795. The zero-order valence-corrected chi connectivity index (χ0v) is 15.2. The van der Waals surface area contributed by atoms with Gasteiger partial charge in [0.2, 0.25) is 5.91 Å². The first-order chi connectivity index (χ1) is 11.6. The Morgan fingerprint density at radius 3 is 2.48 bits per heavy atom. The Kier molecular flexibility index (Phi) is 6.45. The summed E-state index contributed by atoms with van der Waals surface area (Å²) in [4.78, 5) is 12.5. The van der Waals surface area contributed by atoms with Crippen LogP contribution < -0.4 is 15.8 Å². The summed E-state index contributed by atoms with van der Waals surface area (Å²) in [5.74, 6) is 1.33. The Balaban J connectivity index is 0.00000225. The topological polar surface area (TPSA) is 64.4 Å². The van der Waals surface area contributed by atoms with E-state index in [-0.39, 0.29) is 18.3 Å². The van der Waals surface area contributed by atoms with Crippen LogP contribution in [0.25, 0.3) is 0 Å². The average Bonchev–Trinajstić information content (AvgIpc) is 3.43. The number of amides is 1. The van der Waals surface area contributed by atoms with Gasteiger partial charge < -0.3 is 15.8 Å². The molecule has 0 bridgehead atoms. The van der Waals surface area contributed by atoms with E-state index in [9.17, 15) is 4.79 Å². The Morgan fingerprint density at radius 2 is 1.80 bits per heavy atom. The zero-order chi connectivity index (χ0) is 17.0. The molecule has 0 saturated heterocycles. The normalized spacial score (nSPS) is 15.6. The van der Waals surface area contributed by atoms with E-state index in [0.29, 0.717) is 12.5 Å². The van der Waals surface area contributed by atoms with Crippen molar-refractivity contribution in [3.63, 3.8) is 0 Å². The minimum Gasteiger partial charge on any atom is -0.493 e. The molecule has 0 heterocycles. The number of nitrogens with two attached hydrogens (primary N) is 1. The Bertz CT molecular complexity index is 700. The van der Waals surface area contributed by atoms with Crippen molar-refractivity contribution in [1.29, 1.82) is 0 Å². The van der Waals surface area contributed by atoms with Gasteiger partial charge in [0.25, 0.3) is 0 Å². The number of halogens is 1. The number of carbonyl (C=O) groups is 1. The highest BCUT2D eigenvalue weighted by molar-refractivity contribution is 5.87. The largest absolute Gasteiger partial charge is 0.493 e. The maximum Gasteiger partial charge on any atom is 0.244 e. The standard InChI is InChI=1S/C20H24N2O2.ClH/c1-20(21,17-8-3-2-4-9-17)19(23)22-13-16-7-5-6-10-18(16)24-14-15-11-12-15;/h2-10,15H,11-14,21H2,1H3,(H,22,23);1H. The number of rotatable bonds is 7. The Labute approximate surface area is 155 Å². The molecule has 0 aromatic heterocycles. The van der Waals surface area contributed by atoms with E-state index >= 15 is 0 Å². The van der Waals surface area contributed by atoms with Gasteiger partial charge in [-0.15, -0.1) is 12.4 Å². The number of hydrogen-bond donors (Lipinski definition) is 2. The van der Waals surface area contributed by atoms with Gasteiger partial charge in [0.15, 0.2) is 0 Å². The van der Waals surface area contributed by atoms with Crippen LogP contribution in [0.1, 0.15) is 30.9 Å². The van der Waals surface area contributed by atoms with Gasteiger partial charge in [0, 0.05) is 12.1 Å². The highest BCUT2D eigenvalue weighted by Crippen LogP contribution is 2.30. The molecule has 134 valence electrons. The van der Waals surface area contributed by atoms with Gasteiger partial charge >= 0.3 is 0 Å². The second kappa shape index (κ2) is 8.37. The molecule has 1 aliphatic carbocycles. The molecule has 0 radical (unpaired) electrons. The van der Waals surface area contributed by atoms with Crippen molar-refractivity contribution in [3.05, 3.63) is 65.7 Å². The molecular formula is C20H25ClN2O2. The molecule has 25 heavy (non-hydrogen) atoms. The van der Waals surface area contributed by atoms with Crippen LogP contribution in [0.2, 0.25) is 0 Å². The van der Waals surface area contributed by atoms with Crippen LogP contribution in [0.5, 0.6) is 5.75 Å². The molecule has 0 spiro atoms. The fraction of sp³-hybridized carbons (Fsp3) is 0.350. The fourth-order valence-corrected chi connectivity index (χ4v) is 2.56. The third-order valence-electron chi connectivity index (χ3n) is 4.43. The van der Waals surface area contributed by atoms with Crippen molar-refractivity contribution in [2.75, 3.05) is 6.61 Å². The number of hydrogen-bond acceptors (Lipinski definition) is 3. The van der Waals surface area contributed by atoms with Crippen molar-refractivity contribution in [1.82, 2.24) is 5.32 Å². The van der Waals surface area contributed by atoms with E-state index in [1.807, 2.05) is 54.6 Å². The lowest BCUT2D eigenvalue weighted by Gasteiger charge is -2.24. The van der Waals surface area contributed by atoms with Crippen LogP contribution in [0.4, 0.5) is 0 Å². The molecule has 1 unspecified atom stereocenters. The molecule has 3 rings (SSSR count). The predicted molar refractivity (Wildman–Crippen MR) is 102 cm³/mol. The van der Waals surface area contributed by atoms with Crippen LogP contribution in [0.3, 0.4) is 0 Å². The number of para-hydroxylation sites is 1. The van der Waals surface area contributed by atoms with E-state index in [0.717, 1.165) is 23.5 Å². The van der Waals surface area contributed by atoms with E-state index in [4.69, 9.17) is 10.5 Å². The van der Waals surface area contributed by atoms with Gasteiger partial charge in [-0.05, 0) is 37.3 Å². The van der Waals surface area contributed by atoms with E-state index in [1.54, 1.807) is 6.92 Å².